The molecule has 0 saturated carbocycles. The van der Waals surface area contributed by atoms with Crippen LogP contribution in [0, 0.1) is 5.41 Å². The molecule has 2 N–H and O–H groups in total. The molecule has 1 aliphatic rings. The molecule has 0 fully saturated rings. The van der Waals surface area contributed by atoms with E-state index in [0.717, 1.165) is 6.08 Å². The van der Waals surface area contributed by atoms with Gasteiger partial charge >= 0.3 is 0 Å². The maximum atomic E-state index is 12.9. The van der Waals surface area contributed by atoms with Crippen LogP contribution in [0.4, 0.5) is 13.2 Å². The monoisotopic (exact) mass is 372 g/mol. The van der Waals surface area contributed by atoms with Crippen LogP contribution in [-0.2, 0) is 4.74 Å². The fourth-order valence-corrected chi connectivity index (χ4v) is 2.55. The summed E-state index contributed by atoms with van der Waals surface area (Å²) < 4.78 is 43.7. The fraction of sp³-hybridized carbons (Fsp3) is 0.556. The Kier molecular flexibility index (Phi) is 9.54. The molecule has 0 spiro atoms. The van der Waals surface area contributed by atoms with Gasteiger partial charge in [-0.05, 0) is 37.9 Å². The summed E-state index contributed by atoms with van der Waals surface area (Å²) in [5, 5.41) is 11.3. The van der Waals surface area contributed by atoms with E-state index in [1.54, 1.807) is 19.2 Å². The minimum atomic E-state index is -1.31. The molecule has 0 aliphatic carbocycles. The summed E-state index contributed by atoms with van der Waals surface area (Å²) in [4.78, 5) is 6.16. The summed E-state index contributed by atoms with van der Waals surface area (Å²) in [6, 6.07) is -0.594. The van der Waals surface area contributed by atoms with Crippen molar-refractivity contribution in [2.24, 2.45) is 4.99 Å². The highest BCUT2D eigenvalue weighted by Crippen LogP contribution is 2.19. The predicted molar refractivity (Wildman–Crippen MR) is 98.8 cm³/mol. The molecule has 1 rings (SSSR count). The summed E-state index contributed by atoms with van der Waals surface area (Å²) in [6.45, 7) is 0.740. The van der Waals surface area contributed by atoms with Gasteiger partial charge in [-0.15, -0.1) is 0 Å². The largest absolute Gasteiger partial charge is 0.483 e. The van der Waals surface area contributed by atoms with Crippen molar-refractivity contribution in [2.75, 3.05) is 27.1 Å². The highest BCUT2D eigenvalue weighted by Gasteiger charge is 2.31. The molecule has 0 bridgehead atoms. The van der Waals surface area contributed by atoms with Gasteiger partial charge in [0.05, 0.1) is 11.7 Å². The van der Waals surface area contributed by atoms with Gasteiger partial charge < -0.3 is 15.0 Å². The first-order valence-corrected chi connectivity index (χ1v) is 8.51. The first-order chi connectivity index (χ1) is 12.5. The number of allylic oxidation sites excluding steroid dienone is 2. The van der Waals surface area contributed by atoms with Gasteiger partial charge in [-0.2, -0.15) is 0 Å². The third-order valence-corrected chi connectivity index (χ3v) is 3.74. The van der Waals surface area contributed by atoms with Crippen LogP contribution in [0.15, 0.2) is 40.9 Å². The van der Waals surface area contributed by atoms with Gasteiger partial charge in [0.2, 0.25) is 0 Å². The second-order valence-electron chi connectivity index (χ2n) is 5.69. The van der Waals surface area contributed by atoms with E-state index in [1.165, 1.54) is 0 Å². The average molecular weight is 372 g/mol. The lowest BCUT2D eigenvalue weighted by atomic mass is 10.1. The van der Waals surface area contributed by atoms with Crippen molar-refractivity contribution in [1.82, 2.24) is 10.2 Å². The zero-order chi connectivity index (χ0) is 19.5. The lowest BCUT2D eigenvalue weighted by molar-refractivity contribution is 0.0721. The van der Waals surface area contributed by atoms with Crippen molar-refractivity contribution in [2.45, 2.75) is 38.5 Å². The first kappa shape index (κ1) is 21.8. The number of ether oxygens (including phenoxy) is 1. The van der Waals surface area contributed by atoms with E-state index in [2.05, 4.69) is 10.3 Å². The smallest absolute Gasteiger partial charge is 0.155 e. The van der Waals surface area contributed by atoms with E-state index in [-0.39, 0.29) is 23.7 Å². The number of rotatable bonds is 10. The molecular weight excluding hydrogens is 345 g/mol. The minimum Gasteiger partial charge on any atom is -0.483 e. The van der Waals surface area contributed by atoms with Gasteiger partial charge in [0, 0.05) is 7.05 Å². The highest BCUT2D eigenvalue weighted by atomic mass is 19.1. The van der Waals surface area contributed by atoms with Crippen LogP contribution in [0.5, 0.6) is 0 Å². The molecule has 8 heteroatoms. The fourth-order valence-electron chi connectivity index (χ4n) is 2.55. The molecule has 0 saturated heterocycles. The average Bonchev–Trinajstić information content (AvgIpc) is 2.99. The Morgan fingerprint density at radius 1 is 1.35 bits per heavy atom. The number of nitrogens with zero attached hydrogens (tertiary/aromatic N) is 2. The SMILES string of the molecule is C/C=N\C1C=CN(C)C1C(=N)NC(=C/CC)/C(=C\CF)OC(CF)CF. The quantitative estimate of drug-likeness (QED) is 0.268. The van der Waals surface area contributed by atoms with Crippen molar-refractivity contribution < 1.29 is 17.9 Å². The number of halogens is 3. The van der Waals surface area contributed by atoms with Gasteiger partial charge in [0.1, 0.15) is 37.7 Å². The zero-order valence-corrected chi connectivity index (χ0v) is 15.4. The molecule has 2 unspecified atom stereocenters. The number of aliphatic imine (C=N–C) groups is 1. The first-order valence-electron chi connectivity index (χ1n) is 8.51. The maximum Gasteiger partial charge on any atom is 0.155 e. The maximum absolute atomic E-state index is 12.9. The zero-order valence-electron chi connectivity index (χ0n) is 15.4. The second kappa shape index (κ2) is 11.4. The van der Waals surface area contributed by atoms with E-state index in [9.17, 15) is 13.2 Å². The summed E-state index contributed by atoms with van der Waals surface area (Å²) in [7, 11) is 1.82. The Morgan fingerprint density at radius 3 is 2.58 bits per heavy atom. The van der Waals surface area contributed by atoms with Gasteiger partial charge in [-0.1, -0.05) is 13.0 Å². The van der Waals surface area contributed by atoms with Crippen molar-refractivity contribution in [3.05, 3.63) is 35.9 Å². The number of nitrogens with one attached hydrogen (secondary N) is 2. The highest BCUT2D eigenvalue weighted by molar-refractivity contribution is 5.88. The van der Waals surface area contributed by atoms with E-state index in [1.807, 2.05) is 31.1 Å². The third kappa shape index (κ3) is 5.93. The van der Waals surface area contributed by atoms with E-state index in [4.69, 9.17) is 10.1 Å². The van der Waals surface area contributed by atoms with Crippen LogP contribution < -0.4 is 5.32 Å². The Morgan fingerprint density at radius 2 is 2.04 bits per heavy atom. The molecule has 2 atom stereocenters. The topological polar surface area (TPSA) is 60.7 Å². The van der Waals surface area contributed by atoms with Gasteiger partial charge in [0.25, 0.3) is 0 Å². The summed E-state index contributed by atoms with van der Waals surface area (Å²) >= 11 is 0. The normalized spacial score (nSPS) is 21.1. The molecule has 146 valence electrons. The summed E-state index contributed by atoms with van der Waals surface area (Å²) in [5.74, 6) is 0.113. The number of amidine groups is 1. The van der Waals surface area contributed by atoms with Crippen LogP contribution in [0.2, 0.25) is 0 Å². The molecule has 1 aliphatic heterocycles. The molecule has 0 radical (unpaired) electrons. The van der Waals surface area contributed by atoms with Gasteiger partial charge in [-0.3, -0.25) is 10.4 Å². The third-order valence-electron chi connectivity index (χ3n) is 3.74. The summed E-state index contributed by atoms with van der Waals surface area (Å²) in [5.41, 5.74) is 0.307. The second-order valence-corrected chi connectivity index (χ2v) is 5.69. The van der Waals surface area contributed by atoms with E-state index < -0.39 is 26.1 Å². The van der Waals surface area contributed by atoms with Crippen LogP contribution in [0.3, 0.4) is 0 Å². The molecule has 5 nitrogen and oxygen atoms in total. The molecule has 1 heterocycles. The Balaban J connectivity index is 3.00. The molecule has 0 aromatic rings. The standard InChI is InChI=1S/C18H27F3N4O/c1-4-6-14(16(7-9-19)26-13(11-20)12-21)24-18(22)17-15(23-5-2)8-10-25(17)3/h5-8,10,13,15,17H,4,9,11-12H2,1-3H3,(H2,22,24)/b14-6+,16-7+,23-5-. The lowest BCUT2D eigenvalue weighted by Gasteiger charge is -2.27. The number of likely N-dealkylation sites (N-methyl/N-ethyl adjacent to an activating group) is 1. The van der Waals surface area contributed by atoms with Gasteiger partial charge in [0.15, 0.2) is 6.10 Å². The number of hydrogen-bond acceptors (Lipinski definition) is 4. The van der Waals surface area contributed by atoms with Crippen molar-refractivity contribution in [3.8, 4) is 0 Å². The molecule has 26 heavy (non-hydrogen) atoms. The van der Waals surface area contributed by atoms with Crippen molar-refractivity contribution in [1.29, 1.82) is 5.41 Å². The lowest BCUT2D eigenvalue weighted by Crippen LogP contribution is -2.45. The van der Waals surface area contributed by atoms with Gasteiger partial charge in [-0.25, -0.2) is 13.2 Å². The number of hydrogen-bond donors (Lipinski definition) is 2. The minimum absolute atomic E-state index is 0.0106. The van der Waals surface area contributed by atoms with E-state index in [0.29, 0.717) is 12.1 Å². The van der Waals surface area contributed by atoms with Crippen LogP contribution in [0.25, 0.3) is 0 Å². The molecule has 0 aromatic heterocycles. The van der Waals surface area contributed by atoms with Crippen molar-refractivity contribution >= 4 is 12.1 Å². The van der Waals surface area contributed by atoms with Crippen LogP contribution in [-0.4, -0.2) is 62.2 Å². The Hall–Kier alpha value is -2.25. The number of alkyl halides is 3. The van der Waals surface area contributed by atoms with E-state index >= 15 is 0 Å². The molecule has 0 amide bonds. The van der Waals surface area contributed by atoms with Crippen LogP contribution >= 0.6 is 0 Å². The van der Waals surface area contributed by atoms with Crippen LogP contribution in [0.1, 0.15) is 20.3 Å². The Bertz CT molecular complexity index is 571. The Labute approximate surface area is 152 Å². The predicted octanol–water partition coefficient (Wildman–Crippen LogP) is 3.31. The molecular formula is C18H27F3N4O. The van der Waals surface area contributed by atoms with Crippen molar-refractivity contribution in [3.63, 3.8) is 0 Å². The summed E-state index contributed by atoms with van der Waals surface area (Å²) in [6.07, 6.45) is 7.41. The molecule has 0 aromatic carbocycles.